The van der Waals surface area contributed by atoms with Crippen LogP contribution in [-0.4, -0.2) is 19.7 Å². The lowest BCUT2D eigenvalue weighted by Gasteiger charge is -2.00. The van der Waals surface area contributed by atoms with Crippen molar-refractivity contribution < 1.29 is 0 Å². The Morgan fingerprint density at radius 2 is 1.95 bits per heavy atom. The zero-order valence-corrected chi connectivity index (χ0v) is 10.5. The minimum absolute atomic E-state index is 0.0187. The van der Waals surface area contributed by atoms with E-state index in [1.165, 1.54) is 11.0 Å². The van der Waals surface area contributed by atoms with Crippen LogP contribution in [0.3, 0.4) is 0 Å². The number of nitrogens with one attached hydrogen (secondary N) is 1. The Hall–Kier alpha value is -2.40. The van der Waals surface area contributed by atoms with E-state index in [0.29, 0.717) is 5.82 Å². The highest BCUT2D eigenvalue weighted by Gasteiger charge is 2.10. The van der Waals surface area contributed by atoms with Crippen LogP contribution in [0, 0.1) is 0 Å². The van der Waals surface area contributed by atoms with Gasteiger partial charge in [-0.15, -0.1) is 0 Å². The van der Waals surface area contributed by atoms with E-state index >= 15 is 0 Å². The Morgan fingerprint density at radius 3 is 2.74 bits per heavy atom. The molecule has 0 spiro atoms. The average Bonchev–Trinajstić information content (AvgIpc) is 2.92. The van der Waals surface area contributed by atoms with Crippen molar-refractivity contribution in [2.24, 2.45) is 0 Å². The van der Waals surface area contributed by atoms with Gasteiger partial charge in [0.1, 0.15) is 0 Å². The van der Waals surface area contributed by atoms with Gasteiger partial charge in [-0.25, -0.2) is 9.67 Å². The number of nitrogens with zero attached hydrogens (tertiary/aromatic N) is 3. The molecule has 3 rings (SSSR count). The first-order valence-corrected chi connectivity index (χ1v) is 5.97. The summed E-state index contributed by atoms with van der Waals surface area (Å²) in [6.45, 7) is 0. The SMILES string of the molecule is O=c1[nH]cnc(-n2cc(-c3ccccc3)cn2)c1Cl. The van der Waals surface area contributed by atoms with Crippen molar-refractivity contribution in [3.63, 3.8) is 0 Å². The van der Waals surface area contributed by atoms with E-state index in [2.05, 4.69) is 15.1 Å². The first kappa shape index (κ1) is 11.7. The van der Waals surface area contributed by atoms with Crippen molar-refractivity contribution in [3.05, 3.63) is 64.4 Å². The second-order valence-corrected chi connectivity index (χ2v) is 4.29. The normalized spacial score (nSPS) is 10.6. The van der Waals surface area contributed by atoms with E-state index in [-0.39, 0.29) is 10.6 Å². The molecule has 0 aliphatic carbocycles. The third kappa shape index (κ3) is 2.15. The van der Waals surface area contributed by atoms with E-state index in [0.717, 1.165) is 11.1 Å². The van der Waals surface area contributed by atoms with Crippen LogP contribution >= 0.6 is 11.6 Å². The Labute approximate surface area is 113 Å². The summed E-state index contributed by atoms with van der Waals surface area (Å²) in [5.74, 6) is 0.313. The van der Waals surface area contributed by atoms with Gasteiger partial charge in [-0.05, 0) is 5.56 Å². The summed E-state index contributed by atoms with van der Waals surface area (Å²) >= 11 is 5.92. The quantitative estimate of drug-likeness (QED) is 0.778. The lowest BCUT2D eigenvalue weighted by atomic mass is 10.1. The van der Waals surface area contributed by atoms with Crippen LogP contribution in [0.2, 0.25) is 5.02 Å². The molecule has 0 radical (unpaired) electrons. The van der Waals surface area contributed by atoms with E-state index in [4.69, 9.17) is 11.6 Å². The molecule has 2 aromatic heterocycles. The zero-order chi connectivity index (χ0) is 13.2. The molecule has 19 heavy (non-hydrogen) atoms. The highest BCUT2D eigenvalue weighted by atomic mass is 35.5. The lowest BCUT2D eigenvalue weighted by Crippen LogP contribution is -2.11. The average molecular weight is 273 g/mol. The maximum atomic E-state index is 11.4. The summed E-state index contributed by atoms with van der Waals surface area (Å²) in [5, 5.41) is 4.20. The first-order valence-electron chi connectivity index (χ1n) is 5.59. The van der Waals surface area contributed by atoms with Crippen LogP contribution in [-0.2, 0) is 0 Å². The van der Waals surface area contributed by atoms with Gasteiger partial charge in [-0.3, -0.25) is 4.79 Å². The van der Waals surface area contributed by atoms with Crippen molar-refractivity contribution in [2.45, 2.75) is 0 Å². The molecule has 0 atom stereocenters. The molecule has 0 saturated carbocycles. The minimum Gasteiger partial charge on any atom is -0.312 e. The van der Waals surface area contributed by atoms with Crippen LogP contribution in [0.15, 0.2) is 53.8 Å². The largest absolute Gasteiger partial charge is 0.312 e. The summed E-state index contributed by atoms with van der Waals surface area (Å²) in [6, 6.07) is 9.81. The Kier molecular flexibility index (Phi) is 2.89. The highest BCUT2D eigenvalue weighted by molar-refractivity contribution is 6.31. The molecule has 1 N–H and O–H groups in total. The number of hydrogen-bond acceptors (Lipinski definition) is 3. The number of benzene rings is 1. The van der Waals surface area contributed by atoms with Gasteiger partial charge in [0.2, 0.25) is 0 Å². The lowest BCUT2D eigenvalue weighted by molar-refractivity contribution is 0.835. The molecule has 0 fully saturated rings. The van der Waals surface area contributed by atoms with Gasteiger partial charge in [0, 0.05) is 11.8 Å². The van der Waals surface area contributed by atoms with Gasteiger partial charge in [0.05, 0.1) is 12.5 Å². The summed E-state index contributed by atoms with van der Waals surface area (Å²) in [5.41, 5.74) is 1.58. The van der Waals surface area contributed by atoms with Gasteiger partial charge in [0.25, 0.3) is 5.56 Å². The number of rotatable bonds is 2. The first-order chi connectivity index (χ1) is 9.25. The number of hydrogen-bond donors (Lipinski definition) is 1. The second-order valence-electron chi connectivity index (χ2n) is 3.91. The van der Waals surface area contributed by atoms with Crippen LogP contribution in [0.4, 0.5) is 0 Å². The topological polar surface area (TPSA) is 63.6 Å². The second kappa shape index (κ2) is 4.70. The number of halogens is 1. The molecule has 0 aliphatic heterocycles. The molecule has 0 amide bonds. The molecule has 94 valence electrons. The predicted molar refractivity (Wildman–Crippen MR) is 72.4 cm³/mol. The molecule has 0 saturated heterocycles. The fourth-order valence-electron chi connectivity index (χ4n) is 1.75. The van der Waals surface area contributed by atoms with Crippen LogP contribution < -0.4 is 5.56 Å². The Balaban J connectivity index is 2.07. The molecule has 0 unspecified atom stereocenters. The van der Waals surface area contributed by atoms with Crippen LogP contribution in [0.5, 0.6) is 0 Å². The van der Waals surface area contributed by atoms with Gasteiger partial charge in [-0.2, -0.15) is 5.10 Å². The maximum Gasteiger partial charge on any atom is 0.271 e. The smallest absolute Gasteiger partial charge is 0.271 e. The molecule has 0 aliphatic rings. The monoisotopic (exact) mass is 272 g/mol. The molecule has 5 nitrogen and oxygen atoms in total. The van der Waals surface area contributed by atoms with Crippen molar-refractivity contribution in [1.29, 1.82) is 0 Å². The summed E-state index contributed by atoms with van der Waals surface area (Å²) in [7, 11) is 0. The fourth-order valence-corrected chi connectivity index (χ4v) is 1.94. The van der Waals surface area contributed by atoms with E-state index < -0.39 is 0 Å². The molecule has 3 aromatic rings. The fraction of sp³-hybridized carbons (Fsp3) is 0. The summed E-state index contributed by atoms with van der Waals surface area (Å²) in [4.78, 5) is 17.9. The minimum atomic E-state index is -0.386. The van der Waals surface area contributed by atoms with Crippen molar-refractivity contribution in [3.8, 4) is 16.9 Å². The van der Waals surface area contributed by atoms with Gasteiger partial charge >= 0.3 is 0 Å². The van der Waals surface area contributed by atoms with E-state index in [1.807, 2.05) is 30.3 Å². The van der Waals surface area contributed by atoms with Crippen molar-refractivity contribution >= 4 is 11.6 Å². The highest BCUT2D eigenvalue weighted by Crippen LogP contribution is 2.20. The molecular weight excluding hydrogens is 264 g/mol. The molecule has 2 heterocycles. The third-order valence-corrected chi connectivity index (χ3v) is 3.03. The van der Waals surface area contributed by atoms with E-state index in [1.54, 1.807) is 12.4 Å². The molecular formula is C13H9ClN4O. The van der Waals surface area contributed by atoms with Gasteiger partial charge in [-0.1, -0.05) is 41.9 Å². The zero-order valence-electron chi connectivity index (χ0n) is 9.75. The molecule has 6 heteroatoms. The van der Waals surface area contributed by atoms with Crippen molar-refractivity contribution in [2.75, 3.05) is 0 Å². The maximum absolute atomic E-state index is 11.4. The van der Waals surface area contributed by atoms with Crippen LogP contribution in [0.25, 0.3) is 16.9 Å². The Bertz CT molecular complexity index is 764. The number of aromatic amines is 1. The number of aromatic nitrogens is 4. The summed E-state index contributed by atoms with van der Waals surface area (Å²) < 4.78 is 1.49. The van der Waals surface area contributed by atoms with Crippen LogP contribution in [0.1, 0.15) is 0 Å². The summed E-state index contributed by atoms with van der Waals surface area (Å²) in [6.07, 6.45) is 4.78. The molecule has 1 aromatic carbocycles. The predicted octanol–water partition coefficient (Wildman–Crippen LogP) is 2.28. The van der Waals surface area contributed by atoms with Gasteiger partial charge < -0.3 is 4.98 Å². The van der Waals surface area contributed by atoms with Gasteiger partial charge in [0.15, 0.2) is 10.8 Å². The van der Waals surface area contributed by atoms with Crippen molar-refractivity contribution in [1.82, 2.24) is 19.7 Å². The Morgan fingerprint density at radius 1 is 1.16 bits per heavy atom. The molecule has 0 bridgehead atoms. The third-order valence-electron chi connectivity index (χ3n) is 2.68. The standard InChI is InChI=1S/C13H9ClN4O/c14-11-12(15-8-16-13(11)19)18-7-10(6-17-18)9-4-2-1-3-5-9/h1-8H,(H,15,16,19). The number of H-pyrrole nitrogens is 1. The van der Waals surface area contributed by atoms with E-state index in [9.17, 15) is 4.79 Å².